The number of amides is 1. The molecule has 4 nitrogen and oxygen atoms in total. The molecule has 2 aliphatic rings. The summed E-state index contributed by atoms with van der Waals surface area (Å²) in [6.07, 6.45) is 3.69. The van der Waals surface area contributed by atoms with Crippen molar-refractivity contribution >= 4 is 5.91 Å². The summed E-state index contributed by atoms with van der Waals surface area (Å²) in [6, 6.07) is 8.22. The highest BCUT2D eigenvalue weighted by molar-refractivity contribution is 5.83. The fourth-order valence-corrected chi connectivity index (χ4v) is 3.39. The van der Waals surface area contributed by atoms with E-state index in [1.54, 1.807) is 13.2 Å². The lowest BCUT2D eigenvalue weighted by atomic mass is 10.0. The molecule has 3 atom stereocenters. The van der Waals surface area contributed by atoms with Crippen molar-refractivity contribution in [2.75, 3.05) is 13.7 Å². The van der Waals surface area contributed by atoms with Crippen LogP contribution in [0.25, 0.3) is 0 Å². The van der Waals surface area contributed by atoms with E-state index < -0.39 is 0 Å². The van der Waals surface area contributed by atoms with E-state index in [4.69, 9.17) is 9.47 Å². The Bertz CT molecular complexity index is 525. The van der Waals surface area contributed by atoms with Gasteiger partial charge in [-0.15, -0.1) is 6.58 Å². The molecule has 112 valence electrons. The van der Waals surface area contributed by atoms with Gasteiger partial charge in [-0.2, -0.15) is 0 Å². The number of nitrogens with zero attached hydrogens (tertiary/aromatic N) is 1. The standard InChI is InChI=1S/C17H21NO3/c1-3-8-21-16-10-13-9-15(16)17(19)18(13)11-12-4-6-14(20-2)7-5-12/h3-7,13,15-16H,1,8-11H2,2H3/t13-,15+,16+/m0/s1. The van der Waals surface area contributed by atoms with Crippen LogP contribution in [0, 0.1) is 5.92 Å². The smallest absolute Gasteiger partial charge is 0.228 e. The molecule has 0 aromatic heterocycles. The molecule has 1 aliphatic heterocycles. The zero-order valence-electron chi connectivity index (χ0n) is 12.3. The van der Waals surface area contributed by atoms with Gasteiger partial charge >= 0.3 is 0 Å². The largest absolute Gasteiger partial charge is 0.497 e. The van der Waals surface area contributed by atoms with E-state index in [-0.39, 0.29) is 17.9 Å². The van der Waals surface area contributed by atoms with Crippen LogP contribution in [0.15, 0.2) is 36.9 Å². The van der Waals surface area contributed by atoms with Crippen LogP contribution in [0.2, 0.25) is 0 Å². The Balaban J connectivity index is 1.63. The second-order valence-electron chi connectivity index (χ2n) is 5.71. The SMILES string of the molecule is C=CCO[C@@H]1C[C@@H]2C[C@H]1C(=O)N2Cc1ccc(OC)cc1. The summed E-state index contributed by atoms with van der Waals surface area (Å²) in [7, 11) is 1.65. The maximum atomic E-state index is 12.5. The molecule has 1 aromatic carbocycles. The minimum atomic E-state index is 0.0354. The van der Waals surface area contributed by atoms with Crippen LogP contribution in [0.5, 0.6) is 5.75 Å². The van der Waals surface area contributed by atoms with Crippen molar-refractivity contribution in [2.45, 2.75) is 31.5 Å². The molecule has 2 fully saturated rings. The van der Waals surface area contributed by atoms with Crippen molar-refractivity contribution in [3.05, 3.63) is 42.5 Å². The van der Waals surface area contributed by atoms with Crippen LogP contribution in [-0.2, 0) is 16.1 Å². The Kier molecular flexibility index (Phi) is 3.97. The summed E-state index contributed by atoms with van der Waals surface area (Å²) in [6.45, 7) is 4.86. The molecular weight excluding hydrogens is 266 g/mol. The predicted octanol–water partition coefficient (Wildman–Crippen LogP) is 2.39. The third kappa shape index (κ3) is 2.68. The third-order valence-electron chi connectivity index (χ3n) is 4.46. The second kappa shape index (κ2) is 5.90. The Morgan fingerprint density at radius 1 is 1.33 bits per heavy atom. The molecule has 0 unspecified atom stereocenters. The van der Waals surface area contributed by atoms with Crippen LogP contribution < -0.4 is 4.74 Å². The number of likely N-dealkylation sites (tertiary alicyclic amines) is 1. The highest BCUT2D eigenvalue weighted by atomic mass is 16.5. The fraction of sp³-hybridized carbons (Fsp3) is 0.471. The highest BCUT2D eigenvalue weighted by Crippen LogP contribution is 2.41. The predicted molar refractivity (Wildman–Crippen MR) is 80.0 cm³/mol. The number of ether oxygens (including phenoxy) is 2. The van der Waals surface area contributed by atoms with Gasteiger partial charge in [0.15, 0.2) is 0 Å². The summed E-state index contributed by atoms with van der Waals surface area (Å²) in [5.41, 5.74) is 1.14. The minimum Gasteiger partial charge on any atom is -0.497 e. The number of carbonyl (C=O) groups excluding carboxylic acids is 1. The molecule has 1 saturated heterocycles. The highest BCUT2D eigenvalue weighted by Gasteiger charge is 2.50. The molecule has 1 heterocycles. The molecule has 0 spiro atoms. The normalized spacial score (nSPS) is 27.2. The first-order valence-electron chi connectivity index (χ1n) is 7.39. The zero-order valence-corrected chi connectivity index (χ0v) is 12.3. The fourth-order valence-electron chi connectivity index (χ4n) is 3.39. The summed E-state index contributed by atoms with van der Waals surface area (Å²) >= 11 is 0. The summed E-state index contributed by atoms with van der Waals surface area (Å²) in [4.78, 5) is 14.5. The van der Waals surface area contributed by atoms with Crippen LogP contribution in [0.1, 0.15) is 18.4 Å². The van der Waals surface area contributed by atoms with Gasteiger partial charge in [0.1, 0.15) is 5.75 Å². The maximum Gasteiger partial charge on any atom is 0.228 e. The van der Waals surface area contributed by atoms with Gasteiger partial charge in [0, 0.05) is 12.6 Å². The van der Waals surface area contributed by atoms with Gasteiger partial charge in [-0.1, -0.05) is 18.2 Å². The number of carbonyl (C=O) groups is 1. The number of hydrogen-bond acceptors (Lipinski definition) is 3. The molecule has 1 saturated carbocycles. The number of fused-ring (bicyclic) bond motifs is 2. The number of rotatable bonds is 6. The Hall–Kier alpha value is -1.81. The number of methoxy groups -OCH3 is 1. The van der Waals surface area contributed by atoms with Gasteiger partial charge in [0.05, 0.1) is 25.7 Å². The van der Waals surface area contributed by atoms with Crippen molar-refractivity contribution in [1.29, 1.82) is 0 Å². The van der Waals surface area contributed by atoms with Crippen molar-refractivity contribution < 1.29 is 14.3 Å². The molecule has 1 aliphatic carbocycles. The molecule has 1 amide bonds. The van der Waals surface area contributed by atoms with E-state index >= 15 is 0 Å². The maximum absolute atomic E-state index is 12.5. The molecule has 21 heavy (non-hydrogen) atoms. The first-order valence-corrected chi connectivity index (χ1v) is 7.39. The minimum absolute atomic E-state index is 0.0354. The average Bonchev–Trinajstić information content (AvgIpc) is 3.05. The van der Waals surface area contributed by atoms with E-state index in [2.05, 4.69) is 6.58 Å². The van der Waals surface area contributed by atoms with Gasteiger partial charge < -0.3 is 14.4 Å². The van der Waals surface area contributed by atoms with Crippen LogP contribution in [0.4, 0.5) is 0 Å². The summed E-state index contributed by atoms with van der Waals surface area (Å²) in [5.74, 6) is 1.11. The molecule has 0 radical (unpaired) electrons. The van der Waals surface area contributed by atoms with Gasteiger partial charge in [0.2, 0.25) is 5.91 Å². The van der Waals surface area contributed by atoms with Crippen molar-refractivity contribution in [2.24, 2.45) is 5.92 Å². The summed E-state index contributed by atoms with van der Waals surface area (Å²) in [5, 5.41) is 0. The zero-order chi connectivity index (χ0) is 14.8. The Morgan fingerprint density at radius 3 is 2.71 bits per heavy atom. The molecule has 1 aromatic rings. The third-order valence-corrected chi connectivity index (χ3v) is 4.46. The van der Waals surface area contributed by atoms with E-state index in [1.807, 2.05) is 29.2 Å². The molecule has 4 heteroatoms. The van der Waals surface area contributed by atoms with Crippen molar-refractivity contribution in [3.8, 4) is 5.75 Å². The number of piperidine rings is 1. The topological polar surface area (TPSA) is 38.8 Å². The van der Waals surface area contributed by atoms with Gasteiger partial charge in [-0.25, -0.2) is 0 Å². The Morgan fingerprint density at radius 2 is 2.10 bits per heavy atom. The van der Waals surface area contributed by atoms with Crippen molar-refractivity contribution in [1.82, 2.24) is 4.90 Å². The van der Waals surface area contributed by atoms with Crippen LogP contribution >= 0.6 is 0 Å². The lowest BCUT2D eigenvalue weighted by Crippen LogP contribution is -2.42. The lowest BCUT2D eigenvalue weighted by Gasteiger charge is -2.31. The van der Waals surface area contributed by atoms with E-state index in [9.17, 15) is 4.79 Å². The average molecular weight is 287 g/mol. The lowest BCUT2D eigenvalue weighted by molar-refractivity contribution is -0.140. The first-order chi connectivity index (χ1) is 10.2. The van der Waals surface area contributed by atoms with Gasteiger partial charge in [-0.3, -0.25) is 4.79 Å². The molecule has 2 bridgehead atoms. The molecule has 0 N–H and O–H groups in total. The first kappa shape index (κ1) is 14.1. The number of hydrogen-bond donors (Lipinski definition) is 0. The molecular formula is C17H21NO3. The van der Waals surface area contributed by atoms with E-state index in [1.165, 1.54) is 0 Å². The monoisotopic (exact) mass is 287 g/mol. The van der Waals surface area contributed by atoms with Crippen molar-refractivity contribution in [3.63, 3.8) is 0 Å². The summed E-state index contributed by atoms with van der Waals surface area (Å²) < 4.78 is 10.9. The molecule has 3 rings (SSSR count). The van der Waals surface area contributed by atoms with Gasteiger partial charge in [0.25, 0.3) is 0 Å². The quantitative estimate of drug-likeness (QED) is 0.754. The van der Waals surface area contributed by atoms with E-state index in [0.717, 1.165) is 24.2 Å². The Labute approximate surface area is 125 Å². The number of benzene rings is 1. The van der Waals surface area contributed by atoms with Crippen LogP contribution in [0.3, 0.4) is 0 Å². The van der Waals surface area contributed by atoms with Gasteiger partial charge in [-0.05, 0) is 30.5 Å². The van der Waals surface area contributed by atoms with Crippen LogP contribution in [-0.4, -0.2) is 36.7 Å². The second-order valence-corrected chi connectivity index (χ2v) is 5.71. The van der Waals surface area contributed by atoms with E-state index in [0.29, 0.717) is 19.2 Å².